The molecule has 0 spiro atoms. The summed E-state index contributed by atoms with van der Waals surface area (Å²) in [6.07, 6.45) is 0. The summed E-state index contributed by atoms with van der Waals surface area (Å²) in [5.74, 6) is 0. The maximum absolute atomic E-state index is 7.57. The molecule has 0 fully saturated rings. The van der Waals surface area contributed by atoms with Crippen LogP contribution in [0.4, 0.5) is 0 Å². The maximum Gasteiger partial charge on any atom is 0.0402 e. The first kappa shape index (κ1) is 15.9. The number of hydrogen-bond donors (Lipinski definition) is 2. The summed E-state index contributed by atoms with van der Waals surface area (Å²) in [5, 5.41) is 14.6. The summed E-state index contributed by atoms with van der Waals surface area (Å²) in [5.41, 5.74) is 0. The van der Waals surface area contributed by atoms with Crippen molar-refractivity contribution in [1.82, 2.24) is 0 Å². The van der Waals surface area contributed by atoms with Crippen molar-refractivity contribution in [2.24, 2.45) is 0 Å². The molecule has 0 aliphatic heterocycles. The predicted octanol–water partition coefficient (Wildman–Crippen LogP) is -0.395. The largest absolute Gasteiger partial charge is 0.400 e. The first-order valence-electron chi connectivity index (χ1n) is 1.47. The minimum atomic E-state index is 0. The molecule has 0 aliphatic carbocycles. The van der Waals surface area contributed by atoms with E-state index in [0.29, 0.717) is 0 Å². The average Bonchev–Trinajstić information content (AvgIpc) is 1.46. The second-order valence-electron chi connectivity index (χ2n) is 0.316. The third-order valence-electron chi connectivity index (χ3n) is 0. The molecule has 0 bridgehead atoms. The van der Waals surface area contributed by atoms with Crippen LogP contribution in [0.2, 0.25) is 0 Å². The van der Waals surface area contributed by atoms with Gasteiger partial charge in [-0.05, 0) is 6.92 Å². The second-order valence-corrected chi connectivity index (χ2v) is 0.316. The van der Waals surface area contributed by atoms with Gasteiger partial charge in [-0.3, -0.25) is 0 Å². The monoisotopic (exact) mass is 126 g/mol. The standard InChI is InChI=1S/C2H6O.CH4O.Ti/c1-2-3;1-2;/h3H,2H2,1H3;2H,1H3;. The molecule has 3 heteroatoms. The van der Waals surface area contributed by atoms with E-state index in [1.54, 1.807) is 6.92 Å². The molecule has 2 N–H and O–H groups in total. The molecule has 0 aliphatic rings. The van der Waals surface area contributed by atoms with Gasteiger partial charge >= 0.3 is 0 Å². The van der Waals surface area contributed by atoms with Gasteiger partial charge in [-0.1, -0.05) is 0 Å². The summed E-state index contributed by atoms with van der Waals surface area (Å²) in [7, 11) is 1.00. The quantitative estimate of drug-likeness (QED) is 0.433. The zero-order valence-electron chi connectivity index (χ0n) is 4.10. The van der Waals surface area contributed by atoms with Crippen LogP contribution in [0.5, 0.6) is 0 Å². The molecular weight excluding hydrogens is 116 g/mol. The Morgan fingerprint density at radius 2 is 1.33 bits per heavy atom. The molecule has 38 valence electrons. The molecule has 0 atom stereocenters. The number of aliphatic hydroxyl groups is 2. The van der Waals surface area contributed by atoms with Crippen molar-refractivity contribution in [1.29, 1.82) is 0 Å². The Morgan fingerprint density at radius 1 is 1.33 bits per heavy atom. The van der Waals surface area contributed by atoms with Gasteiger partial charge in [0.05, 0.1) is 0 Å². The van der Waals surface area contributed by atoms with Gasteiger partial charge in [0.15, 0.2) is 0 Å². The molecule has 0 rings (SSSR count). The normalized spacial score (nSPS) is 4.00. The van der Waals surface area contributed by atoms with Gasteiger partial charge < -0.3 is 10.2 Å². The molecule has 0 heterocycles. The van der Waals surface area contributed by atoms with Crippen molar-refractivity contribution in [3.8, 4) is 0 Å². The van der Waals surface area contributed by atoms with E-state index in [1.807, 2.05) is 0 Å². The Balaban J connectivity index is -0.0000000275. The number of hydrogen-bond acceptors (Lipinski definition) is 2. The Morgan fingerprint density at radius 3 is 1.33 bits per heavy atom. The molecule has 0 amide bonds. The Kier molecular flexibility index (Phi) is 120. The predicted molar refractivity (Wildman–Crippen MR) is 20.9 cm³/mol. The molecule has 0 unspecified atom stereocenters. The van der Waals surface area contributed by atoms with Gasteiger partial charge in [0.2, 0.25) is 0 Å². The Bertz CT molecular complexity index is 8.75. The van der Waals surface area contributed by atoms with Crippen molar-refractivity contribution in [2.75, 3.05) is 13.7 Å². The van der Waals surface area contributed by atoms with Crippen molar-refractivity contribution < 1.29 is 31.9 Å². The molecule has 0 aromatic rings. The smallest absolute Gasteiger partial charge is 0.0402 e. The summed E-state index contributed by atoms with van der Waals surface area (Å²) in [6, 6.07) is 0. The van der Waals surface area contributed by atoms with Gasteiger partial charge in [0.25, 0.3) is 0 Å². The summed E-state index contributed by atoms with van der Waals surface area (Å²) < 4.78 is 0. The fraction of sp³-hybridized carbons (Fsp3) is 1.00. The molecule has 6 heavy (non-hydrogen) atoms. The first-order chi connectivity index (χ1) is 2.41. The number of rotatable bonds is 0. The third-order valence-corrected chi connectivity index (χ3v) is 0. The van der Waals surface area contributed by atoms with Crippen LogP contribution in [0.3, 0.4) is 0 Å². The van der Waals surface area contributed by atoms with Crippen LogP contribution in [0.15, 0.2) is 0 Å². The summed E-state index contributed by atoms with van der Waals surface area (Å²) in [6.45, 7) is 1.93. The zero-order valence-corrected chi connectivity index (χ0v) is 5.66. The van der Waals surface area contributed by atoms with E-state index in [9.17, 15) is 0 Å². The maximum atomic E-state index is 7.57. The first-order valence-corrected chi connectivity index (χ1v) is 1.47. The van der Waals surface area contributed by atoms with E-state index in [-0.39, 0.29) is 28.3 Å². The molecule has 0 aromatic heterocycles. The molecular formula is C3H10O2Ti. The fourth-order valence-electron chi connectivity index (χ4n) is 0. The number of aliphatic hydroxyl groups excluding tert-OH is 2. The second kappa shape index (κ2) is 45.3. The van der Waals surface area contributed by atoms with Crippen LogP contribution in [-0.4, -0.2) is 23.9 Å². The van der Waals surface area contributed by atoms with Crippen LogP contribution >= 0.6 is 0 Å². The minimum absolute atomic E-state index is 0. The summed E-state index contributed by atoms with van der Waals surface area (Å²) >= 11 is 0. The molecule has 0 aromatic carbocycles. The van der Waals surface area contributed by atoms with Gasteiger partial charge in [0.1, 0.15) is 0 Å². The SMILES string of the molecule is CCO.CO.[Ti]. The van der Waals surface area contributed by atoms with Gasteiger partial charge in [-0.15, -0.1) is 0 Å². The van der Waals surface area contributed by atoms with Crippen molar-refractivity contribution >= 4 is 0 Å². The van der Waals surface area contributed by atoms with E-state index in [1.165, 1.54) is 0 Å². The molecule has 0 radical (unpaired) electrons. The van der Waals surface area contributed by atoms with Crippen LogP contribution in [0, 0.1) is 0 Å². The van der Waals surface area contributed by atoms with Gasteiger partial charge in [-0.25, -0.2) is 0 Å². The molecule has 0 saturated heterocycles. The van der Waals surface area contributed by atoms with E-state index in [0.717, 1.165) is 7.11 Å². The van der Waals surface area contributed by atoms with Crippen LogP contribution in [-0.2, 0) is 21.7 Å². The van der Waals surface area contributed by atoms with Gasteiger partial charge in [-0.2, -0.15) is 0 Å². The summed E-state index contributed by atoms with van der Waals surface area (Å²) in [4.78, 5) is 0. The van der Waals surface area contributed by atoms with E-state index < -0.39 is 0 Å². The van der Waals surface area contributed by atoms with Crippen molar-refractivity contribution in [2.45, 2.75) is 6.92 Å². The zero-order chi connectivity index (χ0) is 4.71. The van der Waals surface area contributed by atoms with Crippen molar-refractivity contribution in [3.63, 3.8) is 0 Å². The van der Waals surface area contributed by atoms with Crippen LogP contribution < -0.4 is 0 Å². The Hall–Kier alpha value is 0.634. The third kappa shape index (κ3) is 152. The average molecular weight is 126 g/mol. The van der Waals surface area contributed by atoms with E-state index in [2.05, 4.69) is 0 Å². The van der Waals surface area contributed by atoms with Crippen LogP contribution in [0.1, 0.15) is 6.92 Å². The minimum Gasteiger partial charge on any atom is -0.400 e. The molecule has 0 saturated carbocycles. The topological polar surface area (TPSA) is 40.5 Å². The van der Waals surface area contributed by atoms with E-state index in [4.69, 9.17) is 10.2 Å². The van der Waals surface area contributed by atoms with Crippen LogP contribution in [0.25, 0.3) is 0 Å². The molecule has 2 nitrogen and oxygen atoms in total. The van der Waals surface area contributed by atoms with E-state index >= 15 is 0 Å². The fourth-order valence-corrected chi connectivity index (χ4v) is 0. The van der Waals surface area contributed by atoms with Gasteiger partial charge in [0, 0.05) is 35.4 Å². The van der Waals surface area contributed by atoms with Crippen molar-refractivity contribution in [3.05, 3.63) is 0 Å². The Labute approximate surface area is 53.1 Å².